The molecule has 72 valence electrons. The third kappa shape index (κ3) is 1.60. The smallest absolute Gasteiger partial charge is 0.110 e. The van der Waals surface area contributed by atoms with Crippen LogP contribution in [-0.4, -0.2) is 57.9 Å². The fraction of sp³-hybridized carbons (Fsp3) is 1.00. The molecule has 5 nitrogen and oxygen atoms in total. The summed E-state index contributed by atoms with van der Waals surface area (Å²) >= 11 is 0. The standard InChI is InChI=1S/C7H15NO4/c1-8-3-2-4(9)6(11)7(12)5(3)10/h3-12H,2H2,1H3/t3-,4-,5+,6+,7+/m0/s1. The van der Waals surface area contributed by atoms with Crippen LogP contribution < -0.4 is 5.32 Å². The molecule has 1 aliphatic carbocycles. The molecule has 0 aromatic heterocycles. The van der Waals surface area contributed by atoms with E-state index in [2.05, 4.69) is 5.32 Å². The highest BCUT2D eigenvalue weighted by Crippen LogP contribution is 2.20. The molecular formula is C7H15NO4. The molecule has 1 aliphatic rings. The van der Waals surface area contributed by atoms with Crippen molar-refractivity contribution in [2.45, 2.75) is 36.9 Å². The Hall–Kier alpha value is -0.200. The second kappa shape index (κ2) is 3.68. The van der Waals surface area contributed by atoms with E-state index in [0.29, 0.717) is 0 Å². The van der Waals surface area contributed by atoms with E-state index in [4.69, 9.17) is 5.11 Å². The zero-order valence-electron chi connectivity index (χ0n) is 6.88. The zero-order valence-corrected chi connectivity index (χ0v) is 6.88. The second-order valence-corrected chi connectivity index (χ2v) is 3.17. The number of aliphatic hydroxyl groups excluding tert-OH is 4. The van der Waals surface area contributed by atoms with Gasteiger partial charge in [0.1, 0.15) is 12.2 Å². The lowest BCUT2D eigenvalue weighted by Gasteiger charge is -2.38. The molecule has 1 rings (SSSR count). The molecule has 0 unspecified atom stereocenters. The number of hydrogen-bond donors (Lipinski definition) is 5. The highest BCUT2D eigenvalue weighted by molar-refractivity contribution is 4.95. The van der Waals surface area contributed by atoms with Crippen LogP contribution in [0.3, 0.4) is 0 Å². The molecule has 12 heavy (non-hydrogen) atoms. The first-order valence-electron chi connectivity index (χ1n) is 3.97. The predicted molar refractivity (Wildman–Crippen MR) is 41.5 cm³/mol. The van der Waals surface area contributed by atoms with Gasteiger partial charge in [-0.05, 0) is 13.5 Å². The molecule has 5 N–H and O–H groups in total. The Bertz CT molecular complexity index is 150. The number of nitrogens with one attached hydrogen (secondary N) is 1. The van der Waals surface area contributed by atoms with Crippen molar-refractivity contribution in [3.63, 3.8) is 0 Å². The lowest BCUT2D eigenvalue weighted by molar-refractivity contribution is -0.145. The Morgan fingerprint density at radius 3 is 2.08 bits per heavy atom. The molecule has 0 radical (unpaired) electrons. The van der Waals surface area contributed by atoms with Crippen LogP contribution in [0.1, 0.15) is 6.42 Å². The van der Waals surface area contributed by atoms with Crippen LogP contribution in [0.4, 0.5) is 0 Å². The summed E-state index contributed by atoms with van der Waals surface area (Å²) in [6.07, 6.45) is -4.26. The van der Waals surface area contributed by atoms with E-state index in [1.807, 2.05) is 0 Å². The molecule has 5 atom stereocenters. The van der Waals surface area contributed by atoms with E-state index < -0.39 is 24.4 Å². The normalized spacial score (nSPS) is 49.2. The summed E-state index contributed by atoms with van der Waals surface area (Å²) in [6.45, 7) is 0. The van der Waals surface area contributed by atoms with Crippen LogP contribution in [0.2, 0.25) is 0 Å². The first-order valence-corrected chi connectivity index (χ1v) is 3.97. The van der Waals surface area contributed by atoms with Gasteiger partial charge in [0.05, 0.1) is 12.2 Å². The second-order valence-electron chi connectivity index (χ2n) is 3.17. The molecule has 0 amide bonds. The number of aliphatic hydroxyl groups is 4. The van der Waals surface area contributed by atoms with Crippen LogP contribution in [0, 0.1) is 0 Å². The lowest BCUT2D eigenvalue weighted by atomic mass is 9.86. The molecule has 0 bridgehead atoms. The molecule has 0 spiro atoms. The zero-order chi connectivity index (χ0) is 9.30. The predicted octanol–water partition coefficient (Wildman–Crippen LogP) is -2.58. The summed E-state index contributed by atoms with van der Waals surface area (Å²) in [5.74, 6) is 0. The van der Waals surface area contributed by atoms with Crippen LogP contribution in [0.25, 0.3) is 0 Å². The van der Waals surface area contributed by atoms with Crippen molar-refractivity contribution >= 4 is 0 Å². The van der Waals surface area contributed by atoms with E-state index in [0.717, 1.165) is 0 Å². The van der Waals surface area contributed by atoms with Crippen molar-refractivity contribution in [3.8, 4) is 0 Å². The van der Waals surface area contributed by atoms with Gasteiger partial charge in [-0.3, -0.25) is 0 Å². The Morgan fingerprint density at radius 1 is 1.00 bits per heavy atom. The molecule has 0 aliphatic heterocycles. The van der Waals surface area contributed by atoms with E-state index in [9.17, 15) is 15.3 Å². The molecule has 0 saturated heterocycles. The quantitative estimate of drug-likeness (QED) is 0.303. The van der Waals surface area contributed by atoms with Crippen molar-refractivity contribution < 1.29 is 20.4 Å². The lowest BCUT2D eigenvalue weighted by Crippen LogP contribution is -2.59. The molecular weight excluding hydrogens is 162 g/mol. The van der Waals surface area contributed by atoms with Crippen molar-refractivity contribution in [3.05, 3.63) is 0 Å². The molecule has 0 aromatic rings. The Labute approximate surface area is 70.6 Å². The van der Waals surface area contributed by atoms with Crippen molar-refractivity contribution in [1.82, 2.24) is 5.32 Å². The van der Waals surface area contributed by atoms with Crippen LogP contribution >= 0.6 is 0 Å². The van der Waals surface area contributed by atoms with Gasteiger partial charge in [0.25, 0.3) is 0 Å². The minimum absolute atomic E-state index is 0.246. The van der Waals surface area contributed by atoms with Gasteiger partial charge in [-0.2, -0.15) is 0 Å². The molecule has 1 fully saturated rings. The first-order chi connectivity index (χ1) is 5.57. The van der Waals surface area contributed by atoms with Crippen LogP contribution in [-0.2, 0) is 0 Å². The average Bonchev–Trinajstić information content (AvgIpc) is 2.08. The van der Waals surface area contributed by atoms with Gasteiger partial charge in [0, 0.05) is 6.04 Å². The summed E-state index contributed by atoms with van der Waals surface area (Å²) in [6, 6.07) is -0.363. The van der Waals surface area contributed by atoms with E-state index in [1.165, 1.54) is 0 Å². The highest BCUT2D eigenvalue weighted by atomic mass is 16.4. The average molecular weight is 177 g/mol. The Morgan fingerprint density at radius 2 is 1.58 bits per heavy atom. The van der Waals surface area contributed by atoms with Crippen molar-refractivity contribution in [2.24, 2.45) is 0 Å². The van der Waals surface area contributed by atoms with Crippen LogP contribution in [0.15, 0.2) is 0 Å². The first kappa shape index (κ1) is 9.88. The molecule has 1 saturated carbocycles. The fourth-order valence-corrected chi connectivity index (χ4v) is 1.50. The maximum atomic E-state index is 9.34. The number of hydrogen-bond acceptors (Lipinski definition) is 5. The minimum Gasteiger partial charge on any atom is -0.390 e. The van der Waals surface area contributed by atoms with Gasteiger partial charge < -0.3 is 25.7 Å². The molecule has 5 heteroatoms. The number of likely N-dealkylation sites (N-methyl/N-ethyl adjacent to an activating group) is 1. The molecule has 0 aromatic carbocycles. The van der Waals surface area contributed by atoms with E-state index in [-0.39, 0.29) is 12.5 Å². The molecule has 0 heterocycles. The Balaban J connectivity index is 2.63. The summed E-state index contributed by atoms with van der Waals surface area (Å²) in [5.41, 5.74) is 0. The highest BCUT2D eigenvalue weighted by Gasteiger charge is 2.41. The maximum Gasteiger partial charge on any atom is 0.110 e. The fourth-order valence-electron chi connectivity index (χ4n) is 1.50. The summed E-state index contributed by atoms with van der Waals surface area (Å²) in [5, 5.41) is 39.7. The third-order valence-corrected chi connectivity index (χ3v) is 2.37. The van der Waals surface area contributed by atoms with Gasteiger partial charge in [-0.1, -0.05) is 0 Å². The topological polar surface area (TPSA) is 93.0 Å². The number of rotatable bonds is 1. The van der Waals surface area contributed by atoms with Gasteiger partial charge in [0.15, 0.2) is 0 Å². The van der Waals surface area contributed by atoms with Gasteiger partial charge in [-0.25, -0.2) is 0 Å². The van der Waals surface area contributed by atoms with Crippen LogP contribution in [0.5, 0.6) is 0 Å². The minimum atomic E-state index is -1.27. The van der Waals surface area contributed by atoms with Gasteiger partial charge in [-0.15, -0.1) is 0 Å². The summed E-state index contributed by atoms with van der Waals surface area (Å²) < 4.78 is 0. The largest absolute Gasteiger partial charge is 0.390 e. The van der Waals surface area contributed by atoms with Gasteiger partial charge in [0.2, 0.25) is 0 Å². The third-order valence-electron chi connectivity index (χ3n) is 2.37. The van der Waals surface area contributed by atoms with E-state index >= 15 is 0 Å². The monoisotopic (exact) mass is 177 g/mol. The van der Waals surface area contributed by atoms with Crippen molar-refractivity contribution in [1.29, 1.82) is 0 Å². The summed E-state index contributed by atoms with van der Waals surface area (Å²) in [4.78, 5) is 0. The SMILES string of the molecule is CN[C@H]1C[C@H](O)[C@@H](O)[C@H](O)[C@@H]1O. The van der Waals surface area contributed by atoms with Crippen molar-refractivity contribution in [2.75, 3.05) is 7.05 Å². The summed E-state index contributed by atoms with van der Waals surface area (Å²) in [7, 11) is 1.63. The maximum absolute atomic E-state index is 9.34. The van der Waals surface area contributed by atoms with E-state index in [1.54, 1.807) is 7.05 Å². The Kier molecular flexibility index (Phi) is 3.03. The van der Waals surface area contributed by atoms with Gasteiger partial charge >= 0.3 is 0 Å².